The summed E-state index contributed by atoms with van der Waals surface area (Å²) < 4.78 is 6.90. The predicted molar refractivity (Wildman–Crippen MR) is 104 cm³/mol. The first kappa shape index (κ1) is 20.2. The van der Waals surface area contributed by atoms with Crippen molar-refractivity contribution in [2.24, 2.45) is 0 Å². The second-order valence-electron chi connectivity index (χ2n) is 7.34. The van der Waals surface area contributed by atoms with Gasteiger partial charge < -0.3 is 14.7 Å². The minimum absolute atomic E-state index is 0.0119. The zero-order valence-electron chi connectivity index (χ0n) is 16.4. The molecule has 2 aliphatic heterocycles. The van der Waals surface area contributed by atoms with Crippen molar-refractivity contribution >= 4 is 17.7 Å². The lowest BCUT2D eigenvalue weighted by atomic mass is 10.0. The van der Waals surface area contributed by atoms with Crippen molar-refractivity contribution in [2.75, 3.05) is 19.8 Å². The third kappa shape index (κ3) is 4.10. The smallest absolute Gasteiger partial charge is 0.255 e. The lowest BCUT2D eigenvalue weighted by Crippen LogP contribution is -2.52. The molecule has 10 nitrogen and oxygen atoms in total. The second-order valence-corrected chi connectivity index (χ2v) is 7.34. The van der Waals surface area contributed by atoms with Crippen LogP contribution in [0.15, 0.2) is 24.4 Å². The van der Waals surface area contributed by atoms with Crippen LogP contribution in [0.2, 0.25) is 0 Å². The molecule has 30 heavy (non-hydrogen) atoms. The van der Waals surface area contributed by atoms with E-state index in [9.17, 15) is 14.4 Å². The highest BCUT2D eigenvalue weighted by Crippen LogP contribution is 2.29. The Morgan fingerprint density at radius 1 is 1.23 bits per heavy atom. The topological polar surface area (TPSA) is 127 Å². The Morgan fingerprint density at radius 2 is 2.10 bits per heavy atom. The fourth-order valence-corrected chi connectivity index (χ4v) is 3.76. The molecule has 1 atom stereocenters. The number of nitrogens with one attached hydrogen (secondary N) is 1. The molecule has 0 radical (unpaired) electrons. The molecule has 2 aromatic rings. The van der Waals surface area contributed by atoms with Gasteiger partial charge in [-0.05, 0) is 43.0 Å². The highest BCUT2D eigenvalue weighted by molar-refractivity contribution is 6.05. The van der Waals surface area contributed by atoms with E-state index in [4.69, 9.17) is 9.84 Å². The van der Waals surface area contributed by atoms with Gasteiger partial charge in [0.1, 0.15) is 6.04 Å². The van der Waals surface area contributed by atoms with Crippen LogP contribution in [0.4, 0.5) is 0 Å². The number of amides is 3. The number of carbonyl (C=O) groups is 3. The Bertz CT molecular complexity index is 972. The van der Waals surface area contributed by atoms with Crippen molar-refractivity contribution in [3.05, 3.63) is 41.2 Å². The minimum Gasteiger partial charge on any atom is -0.394 e. The summed E-state index contributed by atoms with van der Waals surface area (Å²) in [7, 11) is 0. The van der Waals surface area contributed by atoms with E-state index in [1.807, 2.05) is 12.3 Å². The standard InChI is InChI=1S/C20H23N5O5/c26-7-9-30-8-1-2-14-12-25(23-22-14)15-3-4-16-13(10-15)11-24(20(16)29)17-5-6-18(27)21-19(17)28/h3-4,10,12,17,26H,1-2,5-9,11H2,(H,21,27,28). The SMILES string of the molecule is O=C1CCC(N2Cc3cc(-n4cc(CCCOCCO)nn4)ccc3C2=O)C(=O)N1. The van der Waals surface area contributed by atoms with Crippen LogP contribution in [0.25, 0.3) is 5.69 Å². The first-order chi connectivity index (χ1) is 14.6. The Balaban J connectivity index is 1.43. The third-order valence-electron chi connectivity index (χ3n) is 5.27. The number of fused-ring (bicyclic) bond motifs is 1. The summed E-state index contributed by atoms with van der Waals surface area (Å²) in [4.78, 5) is 37.8. The van der Waals surface area contributed by atoms with Crippen molar-refractivity contribution in [2.45, 2.75) is 38.3 Å². The van der Waals surface area contributed by atoms with E-state index < -0.39 is 11.9 Å². The van der Waals surface area contributed by atoms with Crippen LogP contribution in [0.3, 0.4) is 0 Å². The van der Waals surface area contributed by atoms with Gasteiger partial charge in [0, 0.05) is 25.1 Å². The highest BCUT2D eigenvalue weighted by Gasteiger charge is 2.39. The van der Waals surface area contributed by atoms with Crippen LogP contribution in [0, 0.1) is 0 Å². The van der Waals surface area contributed by atoms with Gasteiger partial charge >= 0.3 is 0 Å². The molecule has 158 valence electrons. The summed E-state index contributed by atoms with van der Waals surface area (Å²) in [6, 6.07) is 4.79. The molecule has 1 aromatic carbocycles. The molecule has 1 aromatic heterocycles. The average Bonchev–Trinajstić information content (AvgIpc) is 3.33. The lowest BCUT2D eigenvalue weighted by Gasteiger charge is -2.29. The molecule has 1 saturated heterocycles. The normalized spacial score (nSPS) is 18.6. The zero-order chi connectivity index (χ0) is 21.1. The molecule has 2 N–H and O–H groups in total. The molecular formula is C20H23N5O5. The Hall–Kier alpha value is -3.11. The second kappa shape index (κ2) is 8.72. The number of aryl methyl sites for hydroxylation is 1. The maximum absolute atomic E-state index is 12.8. The van der Waals surface area contributed by atoms with Crippen LogP contribution < -0.4 is 5.32 Å². The first-order valence-electron chi connectivity index (χ1n) is 9.94. The largest absolute Gasteiger partial charge is 0.394 e. The predicted octanol–water partition coefficient (Wildman–Crippen LogP) is -0.0302. The fraction of sp³-hybridized carbons (Fsp3) is 0.450. The number of imide groups is 1. The van der Waals surface area contributed by atoms with E-state index in [2.05, 4.69) is 15.6 Å². The van der Waals surface area contributed by atoms with E-state index in [1.54, 1.807) is 16.8 Å². The Morgan fingerprint density at radius 3 is 2.90 bits per heavy atom. The molecule has 10 heteroatoms. The number of aliphatic hydroxyl groups excluding tert-OH is 1. The molecule has 4 rings (SSSR count). The van der Waals surface area contributed by atoms with Gasteiger partial charge in [-0.1, -0.05) is 5.21 Å². The van der Waals surface area contributed by atoms with Crippen molar-refractivity contribution in [3.8, 4) is 5.69 Å². The summed E-state index contributed by atoms with van der Waals surface area (Å²) in [5.74, 6) is -0.922. The van der Waals surface area contributed by atoms with Gasteiger partial charge in [-0.15, -0.1) is 5.10 Å². The molecule has 1 fully saturated rings. The summed E-state index contributed by atoms with van der Waals surface area (Å²) in [5, 5.41) is 19.3. The van der Waals surface area contributed by atoms with E-state index >= 15 is 0 Å². The summed E-state index contributed by atoms with van der Waals surface area (Å²) >= 11 is 0. The number of aliphatic hydroxyl groups is 1. The van der Waals surface area contributed by atoms with Gasteiger partial charge in [0.2, 0.25) is 11.8 Å². The van der Waals surface area contributed by atoms with Crippen LogP contribution in [-0.2, 0) is 27.3 Å². The quantitative estimate of drug-likeness (QED) is 0.460. The summed E-state index contributed by atoms with van der Waals surface area (Å²) in [6.07, 6.45) is 3.89. The maximum atomic E-state index is 12.8. The lowest BCUT2D eigenvalue weighted by molar-refractivity contribution is -0.136. The fourth-order valence-electron chi connectivity index (χ4n) is 3.76. The minimum atomic E-state index is -0.628. The molecule has 3 heterocycles. The van der Waals surface area contributed by atoms with E-state index in [-0.39, 0.29) is 24.8 Å². The Labute approximate surface area is 172 Å². The molecular weight excluding hydrogens is 390 g/mol. The third-order valence-corrected chi connectivity index (χ3v) is 5.27. The molecule has 0 spiro atoms. The monoisotopic (exact) mass is 413 g/mol. The number of hydrogen-bond donors (Lipinski definition) is 2. The molecule has 1 unspecified atom stereocenters. The van der Waals surface area contributed by atoms with Gasteiger partial charge in [-0.2, -0.15) is 0 Å². The van der Waals surface area contributed by atoms with Crippen molar-refractivity contribution < 1.29 is 24.2 Å². The molecule has 0 bridgehead atoms. The highest BCUT2D eigenvalue weighted by atomic mass is 16.5. The maximum Gasteiger partial charge on any atom is 0.255 e. The average molecular weight is 413 g/mol. The van der Waals surface area contributed by atoms with Gasteiger partial charge in [-0.25, -0.2) is 4.68 Å². The van der Waals surface area contributed by atoms with Crippen LogP contribution in [-0.4, -0.2) is 68.6 Å². The van der Waals surface area contributed by atoms with E-state index in [1.165, 1.54) is 4.90 Å². The summed E-state index contributed by atoms with van der Waals surface area (Å²) in [6.45, 7) is 1.21. The van der Waals surface area contributed by atoms with Crippen molar-refractivity contribution in [1.29, 1.82) is 0 Å². The number of nitrogens with zero attached hydrogens (tertiary/aromatic N) is 4. The molecule has 0 saturated carbocycles. The van der Waals surface area contributed by atoms with Gasteiger partial charge in [0.25, 0.3) is 5.91 Å². The number of ether oxygens (including phenoxy) is 1. The van der Waals surface area contributed by atoms with Gasteiger partial charge in [0.15, 0.2) is 0 Å². The number of hydrogen-bond acceptors (Lipinski definition) is 7. The van der Waals surface area contributed by atoms with Gasteiger partial charge in [0.05, 0.1) is 30.8 Å². The molecule has 0 aliphatic carbocycles. The van der Waals surface area contributed by atoms with Crippen molar-refractivity contribution in [1.82, 2.24) is 25.2 Å². The Kier molecular flexibility index (Phi) is 5.86. The molecule has 2 aliphatic rings. The zero-order valence-corrected chi connectivity index (χ0v) is 16.4. The van der Waals surface area contributed by atoms with Gasteiger partial charge in [-0.3, -0.25) is 19.7 Å². The van der Waals surface area contributed by atoms with E-state index in [0.717, 1.165) is 23.4 Å². The molecule has 3 amide bonds. The van der Waals surface area contributed by atoms with Crippen LogP contribution >= 0.6 is 0 Å². The summed E-state index contributed by atoms with van der Waals surface area (Å²) in [5.41, 5.74) is 2.98. The number of rotatable bonds is 8. The van der Waals surface area contributed by atoms with Crippen LogP contribution in [0.1, 0.15) is 40.9 Å². The number of carbonyl (C=O) groups excluding carboxylic acids is 3. The van der Waals surface area contributed by atoms with E-state index in [0.29, 0.717) is 38.2 Å². The first-order valence-corrected chi connectivity index (χ1v) is 9.94. The van der Waals surface area contributed by atoms with Crippen molar-refractivity contribution in [3.63, 3.8) is 0 Å². The number of piperidine rings is 1. The number of aromatic nitrogens is 3. The van der Waals surface area contributed by atoms with Crippen LogP contribution in [0.5, 0.6) is 0 Å². The number of benzene rings is 1.